The third-order valence-electron chi connectivity index (χ3n) is 2.99. The summed E-state index contributed by atoms with van der Waals surface area (Å²) in [7, 11) is 0. The summed E-state index contributed by atoms with van der Waals surface area (Å²) in [4.78, 5) is 14.0. The van der Waals surface area contributed by atoms with E-state index >= 15 is 0 Å². The fourth-order valence-electron chi connectivity index (χ4n) is 2.02. The third-order valence-corrected chi connectivity index (χ3v) is 2.99. The minimum absolute atomic E-state index is 0.0661. The average molecular weight is 231 g/mol. The van der Waals surface area contributed by atoms with Crippen LogP contribution >= 0.6 is 0 Å². The van der Waals surface area contributed by atoms with Gasteiger partial charge < -0.3 is 9.64 Å². The van der Waals surface area contributed by atoms with Crippen LogP contribution in [0.4, 0.5) is 0 Å². The molecule has 1 saturated heterocycles. The Balaban J connectivity index is 1.88. The Hall–Kier alpha value is -1.88. The maximum Gasteiger partial charge on any atom is 0.254 e. The highest BCUT2D eigenvalue weighted by Crippen LogP contribution is 2.15. The van der Waals surface area contributed by atoms with Gasteiger partial charge in [-0.2, -0.15) is 5.10 Å². The van der Waals surface area contributed by atoms with Gasteiger partial charge in [-0.15, -0.1) is 0 Å². The number of hydrogen-bond acceptors (Lipinski definition) is 3. The molecule has 2 heterocycles. The van der Waals surface area contributed by atoms with Crippen LogP contribution in [0.25, 0.3) is 10.9 Å². The Morgan fingerprint density at radius 1 is 1.35 bits per heavy atom. The molecule has 1 aromatic heterocycles. The molecule has 2 aromatic rings. The van der Waals surface area contributed by atoms with E-state index < -0.39 is 0 Å². The van der Waals surface area contributed by atoms with Crippen molar-refractivity contribution in [2.75, 3.05) is 26.3 Å². The molecule has 1 aromatic carbocycles. The quantitative estimate of drug-likeness (QED) is 0.797. The second-order valence-corrected chi connectivity index (χ2v) is 4.08. The summed E-state index contributed by atoms with van der Waals surface area (Å²) in [5, 5.41) is 7.78. The number of H-pyrrole nitrogens is 1. The minimum atomic E-state index is 0.0661. The fourth-order valence-corrected chi connectivity index (χ4v) is 2.02. The second-order valence-electron chi connectivity index (χ2n) is 4.08. The van der Waals surface area contributed by atoms with Gasteiger partial charge in [0.05, 0.1) is 24.9 Å². The van der Waals surface area contributed by atoms with E-state index in [1.165, 1.54) is 0 Å². The highest BCUT2D eigenvalue weighted by molar-refractivity contribution is 5.97. The van der Waals surface area contributed by atoms with Gasteiger partial charge in [0.15, 0.2) is 0 Å². The standard InChI is InChI=1S/C12H13N3O2/c16-12(15-3-5-17-6-4-15)9-1-2-11-10(7-9)8-13-14-11/h1-2,7-8H,3-6H2,(H,13,14). The van der Waals surface area contributed by atoms with E-state index in [2.05, 4.69) is 10.2 Å². The summed E-state index contributed by atoms with van der Waals surface area (Å²) in [5.74, 6) is 0.0661. The molecule has 1 fully saturated rings. The van der Waals surface area contributed by atoms with Crippen LogP contribution in [-0.4, -0.2) is 47.3 Å². The molecule has 5 nitrogen and oxygen atoms in total. The lowest BCUT2D eigenvalue weighted by Crippen LogP contribution is -2.40. The van der Waals surface area contributed by atoms with E-state index in [0.717, 1.165) is 10.9 Å². The molecule has 0 unspecified atom stereocenters. The van der Waals surface area contributed by atoms with Crippen LogP contribution in [0.2, 0.25) is 0 Å². The molecule has 1 aliphatic rings. The smallest absolute Gasteiger partial charge is 0.254 e. The van der Waals surface area contributed by atoms with Crippen molar-refractivity contribution < 1.29 is 9.53 Å². The lowest BCUT2D eigenvalue weighted by atomic mass is 10.1. The predicted octanol–water partition coefficient (Wildman–Crippen LogP) is 1.04. The Morgan fingerprint density at radius 3 is 3.00 bits per heavy atom. The van der Waals surface area contributed by atoms with E-state index in [1.54, 1.807) is 6.20 Å². The lowest BCUT2D eigenvalue weighted by Gasteiger charge is -2.26. The minimum Gasteiger partial charge on any atom is -0.378 e. The molecule has 0 spiro atoms. The molecule has 5 heteroatoms. The van der Waals surface area contributed by atoms with Crippen molar-refractivity contribution in [3.8, 4) is 0 Å². The van der Waals surface area contributed by atoms with Gasteiger partial charge >= 0.3 is 0 Å². The van der Waals surface area contributed by atoms with Crippen molar-refractivity contribution in [1.29, 1.82) is 0 Å². The topological polar surface area (TPSA) is 58.2 Å². The van der Waals surface area contributed by atoms with Gasteiger partial charge in [-0.1, -0.05) is 0 Å². The summed E-state index contributed by atoms with van der Waals surface area (Å²) in [6.07, 6.45) is 1.73. The molecular weight excluding hydrogens is 218 g/mol. The normalized spacial score (nSPS) is 16.4. The molecule has 0 bridgehead atoms. The number of aromatic amines is 1. The number of fused-ring (bicyclic) bond motifs is 1. The van der Waals surface area contributed by atoms with Crippen molar-refractivity contribution in [2.24, 2.45) is 0 Å². The Labute approximate surface area is 98.4 Å². The van der Waals surface area contributed by atoms with Crippen molar-refractivity contribution in [3.63, 3.8) is 0 Å². The Kier molecular flexibility index (Phi) is 2.53. The maximum atomic E-state index is 12.2. The largest absolute Gasteiger partial charge is 0.378 e. The van der Waals surface area contributed by atoms with E-state index in [4.69, 9.17) is 4.74 Å². The van der Waals surface area contributed by atoms with Crippen LogP contribution in [0.5, 0.6) is 0 Å². The number of hydrogen-bond donors (Lipinski definition) is 1. The Morgan fingerprint density at radius 2 is 2.18 bits per heavy atom. The molecule has 0 radical (unpaired) electrons. The van der Waals surface area contributed by atoms with E-state index in [1.807, 2.05) is 23.1 Å². The zero-order chi connectivity index (χ0) is 11.7. The number of ether oxygens (including phenoxy) is 1. The van der Waals surface area contributed by atoms with Crippen molar-refractivity contribution in [1.82, 2.24) is 15.1 Å². The van der Waals surface area contributed by atoms with Crippen LogP contribution < -0.4 is 0 Å². The number of nitrogens with zero attached hydrogens (tertiary/aromatic N) is 2. The first kappa shape index (κ1) is 10.3. The van der Waals surface area contributed by atoms with Gasteiger partial charge in [0.1, 0.15) is 0 Å². The summed E-state index contributed by atoms with van der Waals surface area (Å²) in [6, 6.07) is 5.59. The van der Waals surface area contributed by atoms with Crippen molar-refractivity contribution in [3.05, 3.63) is 30.0 Å². The zero-order valence-corrected chi connectivity index (χ0v) is 9.35. The van der Waals surface area contributed by atoms with E-state index in [0.29, 0.717) is 31.9 Å². The third kappa shape index (κ3) is 1.89. The fraction of sp³-hybridized carbons (Fsp3) is 0.333. The number of nitrogens with one attached hydrogen (secondary N) is 1. The van der Waals surface area contributed by atoms with Gasteiger partial charge in [0.2, 0.25) is 0 Å². The summed E-state index contributed by atoms with van der Waals surface area (Å²) in [5.41, 5.74) is 1.66. The number of amides is 1. The van der Waals surface area contributed by atoms with Gasteiger partial charge in [-0.25, -0.2) is 0 Å². The second kappa shape index (κ2) is 4.18. The highest BCUT2D eigenvalue weighted by atomic mass is 16.5. The summed E-state index contributed by atoms with van der Waals surface area (Å²) < 4.78 is 5.23. The van der Waals surface area contributed by atoms with Crippen LogP contribution in [0.3, 0.4) is 0 Å². The first-order chi connectivity index (χ1) is 8.34. The molecule has 0 saturated carbocycles. The average Bonchev–Trinajstić information content (AvgIpc) is 2.86. The zero-order valence-electron chi connectivity index (χ0n) is 9.35. The number of carbonyl (C=O) groups is 1. The molecule has 88 valence electrons. The van der Waals surface area contributed by atoms with Gasteiger partial charge in [-0.3, -0.25) is 9.89 Å². The summed E-state index contributed by atoms with van der Waals surface area (Å²) in [6.45, 7) is 2.59. The molecule has 1 amide bonds. The molecule has 0 aliphatic carbocycles. The number of rotatable bonds is 1. The molecule has 1 aliphatic heterocycles. The summed E-state index contributed by atoms with van der Waals surface area (Å²) >= 11 is 0. The number of benzene rings is 1. The maximum absolute atomic E-state index is 12.2. The van der Waals surface area contributed by atoms with Crippen molar-refractivity contribution in [2.45, 2.75) is 0 Å². The Bertz CT molecular complexity index is 543. The van der Waals surface area contributed by atoms with Gasteiger partial charge in [-0.05, 0) is 18.2 Å². The number of aromatic nitrogens is 2. The molecule has 0 atom stereocenters. The first-order valence-electron chi connectivity index (χ1n) is 5.65. The van der Waals surface area contributed by atoms with E-state index in [9.17, 15) is 4.79 Å². The lowest BCUT2D eigenvalue weighted by molar-refractivity contribution is 0.0303. The molecule has 1 N–H and O–H groups in total. The first-order valence-corrected chi connectivity index (χ1v) is 5.65. The number of carbonyl (C=O) groups excluding carboxylic acids is 1. The monoisotopic (exact) mass is 231 g/mol. The van der Waals surface area contributed by atoms with Crippen LogP contribution in [0.15, 0.2) is 24.4 Å². The molecular formula is C12H13N3O2. The highest BCUT2D eigenvalue weighted by Gasteiger charge is 2.18. The van der Waals surface area contributed by atoms with Crippen LogP contribution in [0.1, 0.15) is 10.4 Å². The van der Waals surface area contributed by atoms with Gasteiger partial charge in [0, 0.05) is 24.0 Å². The van der Waals surface area contributed by atoms with Crippen LogP contribution in [-0.2, 0) is 4.74 Å². The molecule has 17 heavy (non-hydrogen) atoms. The van der Waals surface area contributed by atoms with Gasteiger partial charge in [0.25, 0.3) is 5.91 Å². The van der Waals surface area contributed by atoms with E-state index in [-0.39, 0.29) is 5.91 Å². The van der Waals surface area contributed by atoms with Crippen molar-refractivity contribution >= 4 is 16.8 Å². The number of morpholine rings is 1. The molecule has 3 rings (SSSR count). The predicted molar refractivity (Wildman–Crippen MR) is 62.8 cm³/mol. The SMILES string of the molecule is O=C(c1ccc2[nH]ncc2c1)N1CCOCC1. The van der Waals surface area contributed by atoms with Crippen LogP contribution in [0, 0.1) is 0 Å².